The molecule has 9 heteroatoms. The number of aromatic nitrogens is 2. The molecule has 2 aromatic rings. The summed E-state index contributed by atoms with van der Waals surface area (Å²) in [4.78, 5) is 16.5. The number of anilines is 1. The number of amides is 1. The highest BCUT2D eigenvalue weighted by molar-refractivity contribution is 7.90. The zero-order chi connectivity index (χ0) is 16.6. The molecule has 1 aliphatic rings. The maximum absolute atomic E-state index is 12.1. The fourth-order valence-corrected chi connectivity index (χ4v) is 3.43. The number of sulfonamides is 1. The molecule has 1 amide bonds. The zero-order valence-corrected chi connectivity index (χ0v) is 13.3. The Balaban J connectivity index is 1.83. The number of hydrogen-bond donors (Lipinski definition) is 2. The number of aliphatic imine (C=N–C) groups is 1. The van der Waals surface area contributed by atoms with E-state index < -0.39 is 16.1 Å². The number of benzene rings is 1. The SMILES string of the molecule is C[C@H](N=C1NS(=O)(=O)c2ccccc21)C(=O)Nc1ccn(C)n1. The van der Waals surface area contributed by atoms with Gasteiger partial charge in [0.05, 0.1) is 4.90 Å². The van der Waals surface area contributed by atoms with Crippen LogP contribution >= 0.6 is 0 Å². The normalized spacial score (nSPS) is 18.3. The number of carbonyl (C=O) groups excluding carboxylic acids is 1. The van der Waals surface area contributed by atoms with Crippen LogP contribution in [0.25, 0.3) is 0 Å². The average molecular weight is 333 g/mol. The molecular weight excluding hydrogens is 318 g/mol. The number of rotatable bonds is 3. The molecule has 1 aliphatic heterocycles. The molecule has 3 rings (SSSR count). The largest absolute Gasteiger partial charge is 0.307 e. The first-order valence-electron chi connectivity index (χ1n) is 6.87. The Hall–Kier alpha value is -2.68. The highest BCUT2D eigenvalue weighted by Gasteiger charge is 2.31. The third kappa shape index (κ3) is 2.95. The summed E-state index contributed by atoms with van der Waals surface area (Å²) < 4.78 is 27.9. The molecular formula is C14H15N5O3S. The van der Waals surface area contributed by atoms with Crippen molar-refractivity contribution >= 4 is 27.6 Å². The molecule has 2 N–H and O–H groups in total. The summed E-state index contributed by atoms with van der Waals surface area (Å²) in [7, 11) is -1.87. The molecule has 120 valence electrons. The van der Waals surface area contributed by atoms with Crippen molar-refractivity contribution in [3.63, 3.8) is 0 Å². The minimum absolute atomic E-state index is 0.163. The number of fused-ring (bicyclic) bond motifs is 1. The molecule has 8 nitrogen and oxygen atoms in total. The summed E-state index contributed by atoms with van der Waals surface area (Å²) in [6, 6.07) is 7.38. The van der Waals surface area contributed by atoms with Crippen molar-refractivity contribution in [2.24, 2.45) is 12.0 Å². The summed E-state index contributed by atoms with van der Waals surface area (Å²) in [5, 5.41) is 6.67. The molecule has 1 aromatic heterocycles. The summed E-state index contributed by atoms with van der Waals surface area (Å²) >= 11 is 0. The molecule has 0 saturated carbocycles. The van der Waals surface area contributed by atoms with Crippen LogP contribution in [0.5, 0.6) is 0 Å². The lowest BCUT2D eigenvalue weighted by Gasteiger charge is -2.07. The van der Waals surface area contributed by atoms with Gasteiger partial charge in [0.25, 0.3) is 10.0 Å². The van der Waals surface area contributed by atoms with Crippen LogP contribution in [0.2, 0.25) is 0 Å². The standard InChI is InChI=1S/C14H15N5O3S/c1-9(14(20)16-12-7-8-19(2)17-12)15-13-10-5-3-4-6-11(10)23(21,22)18-13/h3-9H,1-2H3,(H,15,18)(H,16,17,20)/t9-/m0/s1. The molecule has 2 heterocycles. The van der Waals surface area contributed by atoms with E-state index in [1.54, 1.807) is 49.1 Å². The van der Waals surface area contributed by atoms with Gasteiger partial charge in [-0.05, 0) is 19.1 Å². The van der Waals surface area contributed by atoms with E-state index in [0.29, 0.717) is 11.4 Å². The van der Waals surface area contributed by atoms with Gasteiger partial charge in [0.15, 0.2) is 5.82 Å². The van der Waals surface area contributed by atoms with Crippen LogP contribution in [-0.2, 0) is 21.9 Å². The molecule has 0 spiro atoms. The lowest BCUT2D eigenvalue weighted by Crippen LogP contribution is -2.29. The summed E-state index contributed by atoms with van der Waals surface area (Å²) in [5.74, 6) is 0.209. The second-order valence-electron chi connectivity index (χ2n) is 5.12. The molecule has 1 atom stereocenters. The summed E-state index contributed by atoms with van der Waals surface area (Å²) in [5.41, 5.74) is 0.463. The van der Waals surface area contributed by atoms with Crippen molar-refractivity contribution in [2.75, 3.05) is 5.32 Å². The molecule has 0 radical (unpaired) electrons. The van der Waals surface area contributed by atoms with Crippen LogP contribution in [0.15, 0.2) is 46.4 Å². The maximum atomic E-state index is 12.1. The van der Waals surface area contributed by atoms with Crippen LogP contribution in [0.1, 0.15) is 12.5 Å². The topological polar surface area (TPSA) is 105 Å². The molecule has 0 saturated heterocycles. The number of hydrogen-bond acceptors (Lipinski definition) is 5. The van der Waals surface area contributed by atoms with Crippen LogP contribution in [-0.4, -0.2) is 36.0 Å². The van der Waals surface area contributed by atoms with E-state index >= 15 is 0 Å². The Morgan fingerprint density at radius 3 is 2.78 bits per heavy atom. The second-order valence-corrected chi connectivity index (χ2v) is 6.77. The van der Waals surface area contributed by atoms with Crippen molar-refractivity contribution in [2.45, 2.75) is 17.9 Å². The van der Waals surface area contributed by atoms with Crippen molar-refractivity contribution in [3.8, 4) is 0 Å². The maximum Gasteiger partial charge on any atom is 0.263 e. The van der Waals surface area contributed by atoms with Crippen molar-refractivity contribution < 1.29 is 13.2 Å². The number of amidine groups is 1. The Morgan fingerprint density at radius 2 is 2.09 bits per heavy atom. The van der Waals surface area contributed by atoms with Gasteiger partial charge in [-0.2, -0.15) is 5.10 Å². The van der Waals surface area contributed by atoms with Crippen LogP contribution in [0.3, 0.4) is 0 Å². The second kappa shape index (κ2) is 5.51. The lowest BCUT2D eigenvalue weighted by molar-refractivity contribution is -0.117. The molecule has 0 bridgehead atoms. The van der Waals surface area contributed by atoms with E-state index in [1.807, 2.05) is 0 Å². The van der Waals surface area contributed by atoms with Gasteiger partial charge in [-0.15, -0.1) is 0 Å². The first-order chi connectivity index (χ1) is 10.9. The first kappa shape index (κ1) is 15.2. The van der Waals surface area contributed by atoms with E-state index in [9.17, 15) is 13.2 Å². The van der Waals surface area contributed by atoms with Gasteiger partial charge in [0, 0.05) is 24.9 Å². The Labute approximate surface area is 133 Å². The van der Waals surface area contributed by atoms with E-state index in [2.05, 4.69) is 20.1 Å². The Morgan fingerprint density at radius 1 is 1.35 bits per heavy atom. The van der Waals surface area contributed by atoms with Crippen molar-refractivity contribution in [1.82, 2.24) is 14.5 Å². The quantitative estimate of drug-likeness (QED) is 0.852. The predicted molar refractivity (Wildman–Crippen MR) is 84.6 cm³/mol. The van der Waals surface area contributed by atoms with Gasteiger partial charge in [0.2, 0.25) is 5.91 Å². The van der Waals surface area contributed by atoms with E-state index in [-0.39, 0.29) is 16.6 Å². The number of aryl methyl sites for hydroxylation is 1. The molecule has 1 aromatic carbocycles. The van der Waals surface area contributed by atoms with Gasteiger partial charge in [-0.1, -0.05) is 12.1 Å². The third-order valence-electron chi connectivity index (χ3n) is 3.33. The molecule has 0 aliphatic carbocycles. The summed E-state index contributed by atoms with van der Waals surface area (Å²) in [6.45, 7) is 1.58. The van der Waals surface area contributed by atoms with Crippen molar-refractivity contribution in [3.05, 3.63) is 42.1 Å². The minimum atomic E-state index is -3.61. The highest BCUT2D eigenvalue weighted by Crippen LogP contribution is 2.22. The molecule has 0 unspecified atom stereocenters. The van der Waals surface area contributed by atoms with Gasteiger partial charge in [-0.25, -0.2) is 8.42 Å². The van der Waals surface area contributed by atoms with E-state index in [0.717, 1.165) is 0 Å². The van der Waals surface area contributed by atoms with Gasteiger partial charge >= 0.3 is 0 Å². The molecule has 23 heavy (non-hydrogen) atoms. The smallest absolute Gasteiger partial charge is 0.263 e. The number of nitrogens with one attached hydrogen (secondary N) is 2. The number of nitrogens with zero attached hydrogens (tertiary/aromatic N) is 3. The predicted octanol–water partition coefficient (Wildman–Crippen LogP) is 0.486. The van der Waals surface area contributed by atoms with Gasteiger partial charge in [-0.3, -0.25) is 19.2 Å². The fraction of sp³-hybridized carbons (Fsp3) is 0.214. The highest BCUT2D eigenvalue weighted by atomic mass is 32.2. The number of carbonyl (C=O) groups is 1. The lowest BCUT2D eigenvalue weighted by atomic mass is 10.2. The van der Waals surface area contributed by atoms with E-state index in [4.69, 9.17) is 0 Å². The monoisotopic (exact) mass is 333 g/mol. The fourth-order valence-electron chi connectivity index (χ4n) is 2.19. The van der Waals surface area contributed by atoms with Gasteiger partial charge < -0.3 is 5.32 Å². The third-order valence-corrected chi connectivity index (χ3v) is 4.73. The molecule has 0 fully saturated rings. The van der Waals surface area contributed by atoms with Crippen LogP contribution in [0.4, 0.5) is 5.82 Å². The first-order valence-corrected chi connectivity index (χ1v) is 8.36. The van der Waals surface area contributed by atoms with Crippen LogP contribution < -0.4 is 10.0 Å². The van der Waals surface area contributed by atoms with E-state index in [1.165, 1.54) is 6.07 Å². The van der Waals surface area contributed by atoms with Gasteiger partial charge in [0.1, 0.15) is 11.9 Å². The average Bonchev–Trinajstić information content (AvgIpc) is 3.01. The Kier molecular flexibility index (Phi) is 3.64. The summed E-state index contributed by atoms with van der Waals surface area (Å²) in [6.07, 6.45) is 1.70. The van der Waals surface area contributed by atoms with Crippen molar-refractivity contribution in [1.29, 1.82) is 0 Å². The Bertz CT molecular complexity index is 901. The zero-order valence-electron chi connectivity index (χ0n) is 12.5. The van der Waals surface area contributed by atoms with Crippen LogP contribution in [0, 0.1) is 0 Å². The minimum Gasteiger partial charge on any atom is -0.307 e.